The second kappa shape index (κ2) is 12.3. The fourth-order valence-electron chi connectivity index (χ4n) is 4.06. The van der Waals surface area contributed by atoms with E-state index in [1.165, 1.54) is 11.8 Å². The van der Waals surface area contributed by atoms with Crippen LogP contribution in [0.4, 0.5) is 11.4 Å². The van der Waals surface area contributed by atoms with E-state index >= 15 is 0 Å². The Morgan fingerprint density at radius 3 is 2.39 bits per heavy atom. The molecule has 0 bridgehead atoms. The number of aliphatic imine (C=N–C) groups is 1. The van der Waals surface area contributed by atoms with Gasteiger partial charge in [-0.25, -0.2) is 4.99 Å². The van der Waals surface area contributed by atoms with Crippen LogP contribution < -0.4 is 25.4 Å². The predicted molar refractivity (Wildman–Crippen MR) is 153 cm³/mol. The number of ether oxygens (including phenoxy) is 2. The Morgan fingerprint density at radius 1 is 0.921 bits per heavy atom. The molecule has 2 amide bonds. The number of thioether (sulfide) groups is 1. The number of allylic oxidation sites excluding steroid dienone is 1. The van der Waals surface area contributed by atoms with Gasteiger partial charge in [0.2, 0.25) is 5.91 Å². The summed E-state index contributed by atoms with van der Waals surface area (Å²) >= 11 is 1.27. The number of nitrogens with one attached hydrogen (secondary N) is 3. The van der Waals surface area contributed by atoms with Gasteiger partial charge in [-0.05, 0) is 55.8 Å². The first-order chi connectivity index (χ1) is 18.4. The first-order valence-corrected chi connectivity index (χ1v) is 13.0. The summed E-state index contributed by atoms with van der Waals surface area (Å²) in [6.07, 6.45) is 0. The Hall–Kier alpha value is -4.24. The summed E-state index contributed by atoms with van der Waals surface area (Å²) in [5.41, 5.74) is 4.27. The minimum Gasteiger partial charge on any atom is -0.497 e. The lowest BCUT2D eigenvalue weighted by molar-refractivity contribution is -0.114. The highest BCUT2D eigenvalue weighted by Gasteiger charge is 2.32. The molecule has 4 rings (SSSR count). The Morgan fingerprint density at radius 2 is 1.68 bits per heavy atom. The lowest BCUT2D eigenvalue weighted by atomic mass is 9.95. The van der Waals surface area contributed by atoms with Crippen LogP contribution in [-0.2, 0) is 9.59 Å². The maximum atomic E-state index is 13.5. The van der Waals surface area contributed by atoms with Gasteiger partial charge in [0.05, 0.1) is 25.5 Å². The quantitative estimate of drug-likeness (QED) is 0.366. The summed E-state index contributed by atoms with van der Waals surface area (Å²) in [5.74, 6) is 0.874. The highest BCUT2D eigenvalue weighted by molar-refractivity contribution is 8.14. The number of aryl methyl sites for hydroxylation is 1. The zero-order chi connectivity index (χ0) is 27.1. The van der Waals surface area contributed by atoms with Gasteiger partial charge in [0.25, 0.3) is 5.91 Å². The van der Waals surface area contributed by atoms with Crippen LogP contribution in [-0.4, -0.2) is 37.0 Å². The van der Waals surface area contributed by atoms with Crippen molar-refractivity contribution in [1.82, 2.24) is 5.32 Å². The average molecular weight is 531 g/mol. The molecule has 0 radical (unpaired) electrons. The lowest BCUT2D eigenvalue weighted by Crippen LogP contribution is -2.33. The van der Waals surface area contributed by atoms with Crippen molar-refractivity contribution in [3.63, 3.8) is 0 Å². The summed E-state index contributed by atoms with van der Waals surface area (Å²) in [6, 6.07) is 21.6. The Kier molecular flexibility index (Phi) is 8.70. The van der Waals surface area contributed by atoms with E-state index in [1.807, 2.05) is 74.5 Å². The van der Waals surface area contributed by atoms with Gasteiger partial charge < -0.3 is 25.4 Å². The van der Waals surface area contributed by atoms with Crippen LogP contribution in [0, 0.1) is 6.92 Å². The van der Waals surface area contributed by atoms with E-state index in [-0.39, 0.29) is 17.6 Å². The third-order valence-electron chi connectivity index (χ3n) is 5.87. The molecule has 9 heteroatoms. The van der Waals surface area contributed by atoms with Gasteiger partial charge in [-0.2, -0.15) is 0 Å². The van der Waals surface area contributed by atoms with Crippen molar-refractivity contribution in [3.05, 3.63) is 95.2 Å². The molecule has 0 fully saturated rings. The second-order valence-electron chi connectivity index (χ2n) is 8.63. The zero-order valence-electron chi connectivity index (χ0n) is 21.7. The summed E-state index contributed by atoms with van der Waals surface area (Å²) < 4.78 is 11.0. The van der Waals surface area contributed by atoms with Gasteiger partial charge in [0, 0.05) is 28.7 Å². The van der Waals surface area contributed by atoms with Crippen LogP contribution in [0.2, 0.25) is 0 Å². The molecule has 3 aromatic rings. The van der Waals surface area contributed by atoms with E-state index < -0.39 is 6.04 Å². The third kappa shape index (κ3) is 6.54. The van der Waals surface area contributed by atoms with Crippen molar-refractivity contribution in [2.75, 3.05) is 30.6 Å². The van der Waals surface area contributed by atoms with Crippen molar-refractivity contribution >= 4 is 40.1 Å². The van der Waals surface area contributed by atoms with Crippen molar-refractivity contribution in [3.8, 4) is 11.5 Å². The molecule has 1 aliphatic heterocycles. The standard InChI is InChI=1S/C29H30N4O4S/c1-18-9-8-12-21(15-18)31-25(34)17-38-29-30-19(2)26(28(35)32-20-10-6-5-7-11-20)27(33-29)23-14-13-22(36-3)16-24(23)37-4/h5-16,27H,17H2,1-4H3,(H,30,33)(H,31,34)(H,32,35)/t27-/m1/s1. The number of anilines is 2. The van der Waals surface area contributed by atoms with Gasteiger partial charge >= 0.3 is 0 Å². The van der Waals surface area contributed by atoms with E-state index in [4.69, 9.17) is 14.5 Å². The number of hydrogen-bond acceptors (Lipinski definition) is 7. The summed E-state index contributed by atoms with van der Waals surface area (Å²) in [4.78, 5) is 30.9. The van der Waals surface area contributed by atoms with Crippen LogP contribution >= 0.6 is 11.8 Å². The molecule has 1 heterocycles. The second-order valence-corrected chi connectivity index (χ2v) is 9.60. The molecular weight excluding hydrogens is 500 g/mol. The first-order valence-electron chi connectivity index (χ1n) is 12.0. The van der Waals surface area contributed by atoms with Crippen LogP contribution in [0.1, 0.15) is 24.1 Å². The number of carbonyl (C=O) groups excluding carboxylic acids is 2. The molecule has 8 nitrogen and oxygen atoms in total. The summed E-state index contributed by atoms with van der Waals surface area (Å²) in [6.45, 7) is 3.80. The van der Waals surface area contributed by atoms with Crippen LogP contribution in [0.5, 0.6) is 11.5 Å². The van der Waals surface area contributed by atoms with Crippen molar-refractivity contribution in [2.24, 2.45) is 4.99 Å². The molecule has 1 atom stereocenters. The molecule has 1 aliphatic rings. The Balaban J connectivity index is 1.60. The van der Waals surface area contributed by atoms with Gasteiger partial charge in [0.15, 0.2) is 5.17 Å². The normalized spacial score (nSPS) is 14.7. The monoisotopic (exact) mass is 530 g/mol. The van der Waals surface area contributed by atoms with Crippen molar-refractivity contribution < 1.29 is 19.1 Å². The number of para-hydroxylation sites is 1. The molecule has 0 aromatic heterocycles. The fourth-order valence-corrected chi connectivity index (χ4v) is 4.80. The lowest BCUT2D eigenvalue weighted by Gasteiger charge is -2.27. The van der Waals surface area contributed by atoms with Crippen LogP contribution in [0.15, 0.2) is 89.1 Å². The number of nitrogens with zero attached hydrogens (tertiary/aromatic N) is 1. The molecule has 0 saturated heterocycles. The van der Waals surface area contributed by atoms with Crippen LogP contribution in [0.3, 0.4) is 0 Å². The molecule has 0 spiro atoms. The molecule has 196 valence electrons. The van der Waals surface area contributed by atoms with Gasteiger partial charge in [-0.3, -0.25) is 9.59 Å². The molecular formula is C29H30N4O4S. The minimum absolute atomic E-state index is 0.144. The molecule has 38 heavy (non-hydrogen) atoms. The number of hydrogen-bond donors (Lipinski definition) is 3. The topological polar surface area (TPSA) is 101 Å². The maximum Gasteiger partial charge on any atom is 0.255 e. The van der Waals surface area contributed by atoms with E-state index in [0.29, 0.717) is 39.2 Å². The number of benzene rings is 3. The fraction of sp³-hybridized carbons (Fsp3) is 0.207. The van der Waals surface area contributed by atoms with Gasteiger partial charge in [-0.1, -0.05) is 42.1 Å². The highest BCUT2D eigenvalue weighted by Crippen LogP contribution is 2.39. The molecule has 0 aliphatic carbocycles. The molecule has 3 N–H and O–H groups in total. The van der Waals surface area contributed by atoms with Crippen molar-refractivity contribution in [2.45, 2.75) is 19.9 Å². The number of amidine groups is 1. The van der Waals surface area contributed by atoms with E-state index in [1.54, 1.807) is 26.4 Å². The SMILES string of the molecule is COc1ccc([C@H]2N=C(SCC(=O)Nc3cccc(C)c3)NC(C)=C2C(=O)Nc2ccccc2)c(OC)c1. The Labute approximate surface area is 226 Å². The van der Waals surface area contributed by atoms with Gasteiger partial charge in [0.1, 0.15) is 17.5 Å². The van der Waals surface area contributed by atoms with E-state index in [9.17, 15) is 9.59 Å². The van der Waals surface area contributed by atoms with E-state index in [2.05, 4.69) is 16.0 Å². The number of rotatable bonds is 8. The number of methoxy groups -OCH3 is 2. The van der Waals surface area contributed by atoms with E-state index in [0.717, 1.165) is 11.3 Å². The number of amides is 2. The van der Waals surface area contributed by atoms with Gasteiger partial charge in [-0.15, -0.1) is 0 Å². The van der Waals surface area contributed by atoms with Crippen molar-refractivity contribution in [1.29, 1.82) is 0 Å². The molecule has 3 aromatic carbocycles. The zero-order valence-corrected chi connectivity index (χ0v) is 22.5. The summed E-state index contributed by atoms with van der Waals surface area (Å²) in [7, 11) is 3.14. The minimum atomic E-state index is -0.664. The predicted octanol–water partition coefficient (Wildman–Crippen LogP) is 5.30. The average Bonchev–Trinajstić information content (AvgIpc) is 2.91. The smallest absolute Gasteiger partial charge is 0.255 e. The first kappa shape index (κ1) is 26.8. The summed E-state index contributed by atoms with van der Waals surface area (Å²) in [5, 5.41) is 9.60. The van der Waals surface area contributed by atoms with Crippen LogP contribution in [0.25, 0.3) is 0 Å². The molecule has 0 unspecified atom stereocenters. The highest BCUT2D eigenvalue weighted by atomic mass is 32.2. The largest absolute Gasteiger partial charge is 0.497 e. The third-order valence-corrected chi connectivity index (χ3v) is 6.76. The molecule has 0 saturated carbocycles. The Bertz CT molecular complexity index is 1390. The number of carbonyl (C=O) groups is 2. The maximum absolute atomic E-state index is 13.5.